The van der Waals surface area contributed by atoms with E-state index in [9.17, 15) is 9.18 Å². The largest absolute Gasteiger partial charge is 0.481 e. The third-order valence-corrected chi connectivity index (χ3v) is 2.48. The van der Waals surface area contributed by atoms with Crippen molar-refractivity contribution in [2.45, 2.75) is 19.3 Å². The zero-order chi connectivity index (χ0) is 12.0. The maximum Gasteiger partial charge on any atom is 0.306 e. The highest BCUT2D eigenvalue weighted by molar-refractivity contribution is 5.70. The zero-order valence-corrected chi connectivity index (χ0v) is 8.90. The van der Waals surface area contributed by atoms with Crippen LogP contribution in [0.2, 0.25) is 0 Å². The van der Waals surface area contributed by atoms with Crippen molar-refractivity contribution in [2.75, 3.05) is 6.61 Å². The van der Waals surface area contributed by atoms with Crippen molar-refractivity contribution < 1.29 is 19.4 Å². The smallest absolute Gasteiger partial charge is 0.306 e. The normalized spacial score (nSPS) is 12.4. The van der Waals surface area contributed by atoms with Crippen molar-refractivity contribution in [1.29, 1.82) is 0 Å². The quantitative estimate of drug-likeness (QED) is 0.778. The van der Waals surface area contributed by atoms with Crippen molar-refractivity contribution in [1.82, 2.24) is 0 Å². The van der Waals surface area contributed by atoms with Gasteiger partial charge in [0.2, 0.25) is 0 Å². The van der Waals surface area contributed by atoms with E-state index < -0.39 is 11.9 Å². The number of aliphatic hydroxyl groups excluding tert-OH is 1. The van der Waals surface area contributed by atoms with Gasteiger partial charge in [-0.25, -0.2) is 4.39 Å². The summed E-state index contributed by atoms with van der Waals surface area (Å²) in [4.78, 5) is 10.9. The Morgan fingerprint density at radius 1 is 1.38 bits per heavy atom. The highest BCUT2D eigenvalue weighted by Crippen LogP contribution is 2.16. The fraction of sp³-hybridized carbons (Fsp3) is 0.417. The number of carboxylic acid groups (broad SMARTS) is 1. The van der Waals surface area contributed by atoms with Crippen LogP contribution in [0.5, 0.6) is 0 Å². The molecule has 0 radical (unpaired) electrons. The molecule has 0 spiro atoms. The van der Waals surface area contributed by atoms with Crippen LogP contribution in [0.4, 0.5) is 4.39 Å². The molecule has 1 atom stereocenters. The molecule has 4 heteroatoms. The molecule has 88 valence electrons. The number of aliphatic carboxylic acids is 1. The molecule has 16 heavy (non-hydrogen) atoms. The van der Waals surface area contributed by atoms with E-state index in [0.29, 0.717) is 18.4 Å². The Balaban J connectivity index is 2.68. The second-order valence-corrected chi connectivity index (χ2v) is 3.70. The molecule has 0 aliphatic rings. The zero-order valence-electron chi connectivity index (χ0n) is 8.90. The van der Waals surface area contributed by atoms with Gasteiger partial charge in [0.05, 0.1) is 5.92 Å². The summed E-state index contributed by atoms with van der Waals surface area (Å²) in [6, 6.07) is 6.16. The van der Waals surface area contributed by atoms with Gasteiger partial charge in [0.1, 0.15) is 5.82 Å². The Kier molecular flexibility index (Phi) is 4.92. The molecule has 0 fully saturated rings. The van der Waals surface area contributed by atoms with Crippen LogP contribution in [0.3, 0.4) is 0 Å². The lowest BCUT2D eigenvalue weighted by Crippen LogP contribution is -2.17. The van der Waals surface area contributed by atoms with Gasteiger partial charge in [-0.1, -0.05) is 18.2 Å². The Hall–Kier alpha value is -1.42. The van der Waals surface area contributed by atoms with Gasteiger partial charge in [-0.3, -0.25) is 4.79 Å². The lowest BCUT2D eigenvalue weighted by atomic mass is 9.95. The van der Waals surface area contributed by atoms with E-state index in [1.165, 1.54) is 6.07 Å². The number of hydrogen-bond acceptors (Lipinski definition) is 2. The Bertz CT molecular complexity index is 352. The molecule has 1 rings (SSSR count). The lowest BCUT2D eigenvalue weighted by molar-refractivity contribution is -0.142. The van der Waals surface area contributed by atoms with Crippen LogP contribution in [0.25, 0.3) is 0 Å². The SMILES string of the molecule is O=C(O)C(CCCO)Cc1ccccc1F. The van der Waals surface area contributed by atoms with E-state index in [1.807, 2.05) is 0 Å². The minimum absolute atomic E-state index is 0.0406. The molecule has 3 nitrogen and oxygen atoms in total. The number of carboxylic acids is 1. The van der Waals surface area contributed by atoms with E-state index in [2.05, 4.69) is 0 Å². The van der Waals surface area contributed by atoms with Gasteiger partial charge in [0, 0.05) is 6.61 Å². The molecule has 1 unspecified atom stereocenters. The number of rotatable bonds is 6. The summed E-state index contributed by atoms with van der Waals surface area (Å²) in [7, 11) is 0. The van der Waals surface area contributed by atoms with E-state index in [-0.39, 0.29) is 18.8 Å². The first-order valence-electron chi connectivity index (χ1n) is 5.22. The maximum absolute atomic E-state index is 13.3. The van der Waals surface area contributed by atoms with E-state index in [1.54, 1.807) is 18.2 Å². The van der Waals surface area contributed by atoms with Crippen LogP contribution in [0.15, 0.2) is 24.3 Å². The summed E-state index contributed by atoms with van der Waals surface area (Å²) in [5.74, 6) is -1.96. The summed E-state index contributed by atoms with van der Waals surface area (Å²) < 4.78 is 13.3. The van der Waals surface area contributed by atoms with Crippen molar-refractivity contribution in [2.24, 2.45) is 5.92 Å². The predicted molar refractivity (Wildman–Crippen MR) is 57.5 cm³/mol. The van der Waals surface area contributed by atoms with E-state index in [0.717, 1.165) is 0 Å². The average Bonchev–Trinajstić information content (AvgIpc) is 2.26. The molecular weight excluding hydrogens is 211 g/mol. The number of carbonyl (C=O) groups is 1. The van der Waals surface area contributed by atoms with Gasteiger partial charge in [0.15, 0.2) is 0 Å². The molecule has 0 aliphatic heterocycles. The molecule has 1 aromatic rings. The number of halogens is 1. The van der Waals surface area contributed by atoms with Crippen LogP contribution in [0.1, 0.15) is 18.4 Å². The summed E-state index contributed by atoms with van der Waals surface area (Å²) in [6.45, 7) is -0.0406. The average molecular weight is 226 g/mol. The van der Waals surface area contributed by atoms with Gasteiger partial charge in [-0.05, 0) is 30.9 Å². The van der Waals surface area contributed by atoms with Crippen LogP contribution in [-0.4, -0.2) is 22.8 Å². The van der Waals surface area contributed by atoms with Crippen molar-refractivity contribution in [3.63, 3.8) is 0 Å². The maximum atomic E-state index is 13.3. The second-order valence-electron chi connectivity index (χ2n) is 3.70. The number of hydrogen-bond donors (Lipinski definition) is 2. The third kappa shape index (κ3) is 3.62. The first kappa shape index (κ1) is 12.6. The molecule has 0 aromatic heterocycles. The molecule has 0 bridgehead atoms. The Morgan fingerprint density at radius 2 is 2.06 bits per heavy atom. The monoisotopic (exact) mass is 226 g/mol. The number of benzene rings is 1. The second kappa shape index (κ2) is 6.23. The predicted octanol–water partition coefficient (Wildman–Crippen LogP) is 1.84. The summed E-state index contributed by atoms with van der Waals surface area (Å²) in [6.07, 6.45) is 0.952. The first-order chi connectivity index (χ1) is 7.65. The first-order valence-corrected chi connectivity index (χ1v) is 5.22. The minimum Gasteiger partial charge on any atom is -0.481 e. The van der Waals surface area contributed by atoms with Gasteiger partial charge in [0.25, 0.3) is 0 Å². The summed E-state index contributed by atoms with van der Waals surface area (Å²) in [5, 5.41) is 17.6. The van der Waals surface area contributed by atoms with Crippen molar-refractivity contribution in [3.8, 4) is 0 Å². The lowest BCUT2D eigenvalue weighted by Gasteiger charge is -2.11. The molecule has 0 amide bonds. The van der Waals surface area contributed by atoms with Gasteiger partial charge < -0.3 is 10.2 Å². The van der Waals surface area contributed by atoms with Crippen LogP contribution >= 0.6 is 0 Å². The Labute approximate surface area is 93.5 Å². The molecular formula is C12H15FO3. The molecule has 2 N–H and O–H groups in total. The molecule has 0 saturated carbocycles. The van der Waals surface area contributed by atoms with Crippen LogP contribution in [-0.2, 0) is 11.2 Å². The van der Waals surface area contributed by atoms with E-state index in [4.69, 9.17) is 10.2 Å². The van der Waals surface area contributed by atoms with Crippen molar-refractivity contribution >= 4 is 5.97 Å². The highest BCUT2D eigenvalue weighted by atomic mass is 19.1. The van der Waals surface area contributed by atoms with Crippen LogP contribution < -0.4 is 0 Å². The number of aliphatic hydroxyl groups is 1. The summed E-state index contributed by atoms with van der Waals surface area (Å²) in [5.41, 5.74) is 0.410. The highest BCUT2D eigenvalue weighted by Gasteiger charge is 2.18. The molecule has 1 aromatic carbocycles. The van der Waals surface area contributed by atoms with Gasteiger partial charge >= 0.3 is 5.97 Å². The van der Waals surface area contributed by atoms with Crippen molar-refractivity contribution in [3.05, 3.63) is 35.6 Å². The van der Waals surface area contributed by atoms with Gasteiger partial charge in [-0.2, -0.15) is 0 Å². The fourth-order valence-corrected chi connectivity index (χ4v) is 1.58. The van der Waals surface area contributed by atoms with E-state index >= 15 is 0 Å². The fourth-order valence-electron chi connectivity index (χ4n) is 1.58. The standard InChI is InChI=1S/C12H15FO3/c13-11-6-2-1-4-9(11)8-10(12(15)16)5-3-7-14/h1-2,4,6,10,14H,3,5,7-8H2,(H,15,16). The summed E-state index contributed by atoms with van der Waals surface area (Å²) >= 11 is 0. The molecule has 0 aliphatic carbocycles. The molecule has 0 heterocycles. The van der Waals surface area contributed by atoms with Crippen LogP contribution in [0, 0.1) is 11.7 Å². The minimum atomic E-state index is -0.947. The molecule has 0 saturated heterocycles. The topological polar surface area (TPSA) is 57.5 Å². The van der Waals surface area contributed by atoms with Gasteiger partial charge in [-0.15, -0.1) is 0 Å². The Morgan fingerprint density at radius 3 is 2.62 bits per heavy atom. The third-order valence-electron chi connectivity index (χ3n) is 2.48.